The molecule has 0 saturated heterocycles. The number of cyclic esters (lactones) is 1. The molecule has 1 aliphatic heterocycles. The molecule has 2 aliphatic rings. The van der Waals surface area contributed by atoms with Crippen LogP contribution in [0.3, 0.4) is 0 Å². The van der Waals surface area contributed by atoms with Gasteiger partial charge in [0, 0.05) is 18.5 Å². The number of benzene rings is 1. The molecular formula is C24H34N2O4. The van der Waals surface area contributed by atoms with Gasteiger partial charge < -0.3 is 20.1 Å². The number of rotatable bonds is 6. The summed E-state index contributed by atoms with van der Waals surface area (Å²) in [5.41, 5.74) is 2.12. The highest BCUT2D eigenvalue weighted by atomic mass is 16.5. The van der Waals surface area contributed by atoms with Crippen LogP contribution in [0.5, 0.6) is 0 Å². The van der Waals surface area contributed by atoms with E-state index < -0.39 is 6.09 Å². The van der Waals surface area contributed by atoms with E-state index in [1.54, 1.807) is 0 Å². The first-order chi connectivity index (χ1) is 14.7. The number of alkyl carbamates (subject to hydrolysis) is 1. The number of carbonyl (C=O) groups is 2. The molecule has 0 bridgehead atoms. The Morgan fingerprint density at radius 2 is 1.97 bits per heavy atom. The van der Waals surface area contributed by atoms with E-state index in [1.807, 2.05) is 13.0 Å². The Morgan fingerprint density at radius 1 is 1.20 bits per heavy atom. The monoisotopic (exact) mass is 414 g/mol. The van der Waals surface area contributed by atoms with Crippen LogP contribution in [0.4, 0.5) is 4.79 Å². The zero-order valence-electron chi connectivity index (χ0n) is 17.9. The Kier molecular flexibility index (Phi) is 8.75. The molecular weight excluding hydrogens is 380 g/mol. The van der Waals surface area contributed by atoms with Gasteiger partial charge in [-0.15, -0.1) is 0 Å². The van der Waals surface area contributed by atoms with E-state index in [0.717, 1.165) is 32.1 Å². The maximum absolute atomic E-state index is 12.4. The van der Waals surface area contributed by atoms with Crippen molar-refractivity contribution in [1.82, 2.24) is 10.6 Å². The Bertz CT molecular complexity index is 711. The molecule has 6 heteroatoms. The Morgan fingerprint density at radius 3 is 2.70 bits per heavy atom. The molecule has 1 fully saturated rings. The number of hydrogen-bond acceptors (Lipinski definition) is 4. The summed E-state index contributed by atoms with van der Waals surface area (Å²) in [5.74, 6) is 0.529. The van der Waals surface area contributed by atoms with Crippen LogP contribution in [-0.2, 0) is 14.3 Å². The van der Waals surface area contributed by atoms with Gasteiger partial charge in [-0.1, -0.05) is 36.4 Å². The van der Waals surface area contributed by atoms with Gasteiger partial charge in [-0.2, -0.15) is 0 Å². The molecule has 6 nitrogen and oxygen atoms in total. The second kappa shape index (κ2) is 11.7. The molecule has 2 N–H and O–H groups in total. The van der Waals surface area contributed by atoms with Crippen LogP contribution in [0, 0.1) is 0 Å². The van der Waals surface area contributed by atoms with Crippen LogP contribution >= 0.6 is 0 Å². The third-order valence-corrected chi connectivity index (χ3v) is 5.87. The van der Waals surface area contributed by atoms with Crippen molar-refractivity contribution in [3.05, 3.63) is 47.5 Å². The molecule has 1 aliphatic carbocycles. The molecule has 2 amide bonds. The number of nitrogens with one attached hydrogen (secondary N) is 2. The van der Waals surface area contributed by atoms with Crippen LogP contribution < -0.4 is 10.6 Å². The molecule has 164 valence electrons. The van der Waals surface area contributed by atoms with Crippen LogP contribution in [0.2, 0.25) is 0 Å². The summed E-state index contributed by atoms with van der Waals surface area (Å²) in [7, 11) is 0. The molecule has 1 aromatic carbocycles. The van der Waals surface area contributed by atoms with Crippen LogP contribution in [0.25, 0.3) is 0 Å². The van der Waals surface area contributed by atoms with Crippen molar-refractivity contribution in [2.75, 3.05) is 19.8 Å². The second-order valence-electron chi connectivity index (χ2n) is 8.13. The molecule has 1 aromatic rings. The smallest absolute Gasteiger partial charge is 0.407 e. The summed E-state index contributed by atoms with van der Waals surface area (Å²) in [6, 6.07) is 10.4. The number of likely N-dealkylation sites (N-methyl/N-ethyl adjacent to an activating group) is 1. The van der Waals surface area contributed by atoms with Crippen molar-refractivity contribution in [3.8, 4) is 0 Å². The minimum Gasteiger partial charge on any atom is -0.450 e. The van der Waals surface area contributed by atoms with Gasteiger partial charge >= 0.3 is 6.09 Å². The van der Waals surface area contributed by atoms with Crippen LogP contribution in [0.1, 0.15) is 63.4 Å². The maximum atomic E-state index is 12.4. The van der Waals surface area contributed by atoms with Crippen LogP contribution in [0.15, 0.2) is 42.0 Å². The molecule has 0 spiro atoms. The van der Waals surface area contributed by atoms with Crippen molar-refractivity contribution in [2.24, 2.45) is 0 Å². The highest BCUT2D eigenvalue weighted by Gasteiger charge is 2.25. The lowest BCUT2D eigenvalue weighted by atomic mass is 9.83. The van der Waals surface area contributed by atoms with Gasteiger partial charge in [-0.3, -0.25) is 4.79 Å². The standard InChI is InChI=1S/C24H34N2O4/c1-2-25-23(27)20-10-6-7-15-29-24(28)26-21(16-20)17-30-22-13-11-19(12-14-22)18-8-4-3-5-9-18/h3-5,8-10,19,21-22H,2,6-7,11-17H2,1H3,(H,25,27)(H,26,28)/b20-10-. The lowest BCUT2D eigenvalue weighted by Gasteiger charge is -2.30. The summed E-state index contributed by atoms with van der Waals surface area (Å²) in [5, 5.41) is 5.75. The molecule has 1 unspecified atom stereocenters. The quantitative estimate of drug-likeness (QED) is 0.736. The first-order valence-electron chi connectivity index (χ1n) is 11.2. The topological polar surface area (TPSA) is 76.7 Å². The predicted molar refractivity (Wildman–Crippen MR) is 116 cm³/mol. The normalized spacial score (nSPS) is 27.2. The Hall–Kier alpha value is -2.34. The highest BCUT2D eigenvalue weighted by Crippen LogP contribution is 2.34. The Balaban J connectivity index is 1.54. The molecule has 1 saturated carbocycles. The molecule has 1 atom stereocenters. The van der Waals surface area contributed by atoms with E-state index in [1.165, 1.54) is 5.56 Å². The summed E-state index contributed by atoms with van der Waals surface area (Å²) in [6.45, 7) is 3.21. The van der Waals surface area contributed by atoms with Crippen molar-refractivity contribution < 1.29 is 19.1 Å². The van der Waals surface area contributed by atoms with Gasteiger partial charge in [-0.25, -0.2) is 4.79 Å². The largest absolute Gasteiger partial charge is 0.450 e. The molecule has 30 heavy (non-hydrogen) atoms. The van der Waals surface area contributed by atoms with E-state index in [-0.39, 0.29) is 18.1 Å². The lowest BCUT2D eigenvalue weighted by Crippen LogP contribution is -2.41. The third kappa shape index (κ3) is 6.87. The summed E-state index contributed by atoms with van der Waals surface area (Å²) >= 11 is 0. The fourth-order valence-corrected chi connectivity index (χ4v) is 4.23. The minimum absolute atomic E-state index is 0.0680. The van der Waals surface area contributed by atoms with Gasteiger partial charge in [0.15, 0.2) is 0 Å². The van der Waals surface area contributed by atoms with E-state index in [2.05, 4.69) is 41.0 Å². The summed E-state index contributed by atoms with van der Waals surface area (Å²) in [6.07, 6.45) is 7.83. The molecule has 1 heterocycles. The number of allylic oxidation sites excluding steroid dienone is 1. The Labute approximate surface area is 179 Å². The molecule has 3 rings (SSSR count). The predicted octanol–water partition coefficient (Wildman–Crippen LogP) is 4.07. The second-order valence-corrected chi connectivity index (χ2v) is 8.13. The average molecular weight is 415 g/mol. The maximum Gasteiger partial charge on any atom is 0.407 e. The molecule has 0 aromatic heterocycles. The van der Waals surface area contributed by atoms with Crippen molar-refractivity contribution in [3.63, 3.8) is 0 Å². The summed E-state index contributed by atoms with van der Waals surface area (Å²) < 4.78 is 11.4. The van der Waals surface area contributed by atoms with Crippen molar-refractivity contribution in [2.45, 2.75) is 69.9 Å². The number of carbonyl (C=O) groups excluding carboxylic acids is 2. The van der Waals surface area contributed by atoms with Gasteiger partial charge in [0.1, 0.15) is 0 Å². The molecule has 0 radical (unpaired) electrons. The van der Waals surface area contributed by atoms with Gasteiger partial charge in [0.05, 0.1) is 25.4 Å². The summed E-state index contributed by atoms with van der Waals surface area (Å²) in [4.78, 5) is 24.5. The average Bonchev–Trinajstić information content (AvgIpc) is 2.77. The fourth-order valence-electron chi connectivity index (χ4n) is 4.23. The lowest BCUT2D eigenvalue weighted by molar-refractivity contribution is -0.117. The number of amides is 2. The zero-order valence-corrected chi connectivity index (χ0v) is 17.9. The fraction of sp³-hybridized carbons (Fsp3) is 0.583. The van der Waals surface area contributed by atoms with Gasteiger partial charge in [0.2, 0.25) is 5.91 Å². The third-order valence-electron chi connectivity index (χ3n) is 5.87. The SMILES string of the molecule is CCNC(=O)/C1=C\CCCOC(=O)NC(COC2CCC(c3ccccc3)CC2)C1. The first kappa shape index (κ1) is 22.3. The van der Waals surface area contributed by atoms with E-state index >= 15 is 0 Å². The van der Waals surface area contributed by atoms with Gasteiger partial charge in [-0.05, 0) is 56.9 Å². The van der Waals surface area contributed by atoms with Crippen molar-refractivity contribution in [1.29, 1.82) is 0 Å². The number of ether oxygens (including phenoxy) is 2. The first-order valence-corrected chi connectivity index (χ1v) is 11.2. The van der Waals surface area contributed by atoms with E-state index in [9.17, 15) is 9.59 Å². The van der Waals surface area contributed by atoms with Crippen LogP contribution in [-0.4, -0.2) is 43.9 Å². The minimum atomic E-state index is -0.437. The van der Waals surface area contributed by atoms with Gasteiger partial charge in [0.25, 0.3) is 0 Å². The van der Waals surface area contributed by atoms with Crippen molar-refractivity contribution >= 4 is 12.0 Å². The highest BCUT2D eigenvalue weighted by molar-refractivity contribution is 5.93. The zero-order chi connectivity index (χ0) is 21.2. The van der Waals surface area contributed by atoms with E-state index in [4.69, 9.17) is 9.47 Å². The van der Waals surface area contributed by atoms with E-state index in [0.29, 0.717) is 44.1 Å². The number of hydrogen-bond donors (Lipinski definition) is 2.